The number of aromatic nitrogens is 4. The van der Waals surface area contributed by atoms with Gasteiger partial charge in [0.2, 0.25) is 11.8 Å². The van der Waals surface area contributed by atoms with Crippen LogP contribution in [0.4, 0.5) is 5.82 Å². The third kappa shape index (κ3) is 24.7. The summed E-state index contributed by atoms with van der Waals surface area (Å²) in [6.07, 6.45) is 13.0. The quantitative estimate of drug-likeness (QED) is 0.0272. The molecule has 1 fully saturated rings. The summed E-state index contributed by atoms with van der Waals surface area (Å²) in [5.74, 6) is -1.13. The summed E-state index contributed by atoms with van der Waals surface area (Å²) in [5, 5.41) is 26.5. The average molecular weight is 1080 g/mol. The number of carbonyl (C=O) groups excluding carboxylic acids is 3. The van der Waals surface area contributed by atoms with Crippen molar-refractivity contribution in [1.29, 1.82) is 0 Å². The van der Waals surface area contributed by atoms with Gasteiger partial charge in [0.1, 0.15) is 36.3 Å². The molecular formula is C39H77N10O17P3S. The number of carbonyl (C=O) groups is 3. The Bertz CT molecular complexity index is 2050. The van der Waals surface area contributed by atoms with Crippen LogP contribution in [0.5, 0.6) is 0 Å². The largest absolute Gasteiger partial charge is 0.756 e. The van der Waals surface area contributed by atoms with Gasteiger partial charge in [0.25, 0.3) is 23.5 Å². The zero-order valence-electron chi connectivity index (χ0n) is 41.0. The molecule has 0 aliphatic carbocycles. The molecule has 406 valence electrons. The first-order chi connectivity index (χ1) is 31.6. The maximum absolute atomic E-state index is 12.6. The lowest BCUT2D eigenvalue weighted by Gasteiger charge is -2.35. The van der Waals surface area contributed by atoms with Crippen molar-refractivity contribution in [3.05, 3.63) is 24.8 Å². The van der Waals surface area contributed by atoms with Crippen molar-refractivity contribution in [1.82, 2.24) is 48.6 Å². The van der Waals surface area contributed by atoms with E-state index in [1.54, 1.807) is 0 Å². The minimum Gasteiger partial charge on any atom is -0.756 e. The van der Waals surface area contributed by atoms with Crippen LogP contribution >= 0.6 is 35.2 Å². The van der Waals surface area contributed by atoms with E-state index in [2.05, 4.69) is 62.5 Å². The number of aliphatic hydroxyl groups excluding tert-OH is 2. The number of nitrogens with zero attached hydrogens (tertiary/aromatic N) is 4. The Morgan fingerprint density at radius 3 is 2.13 bits per heavy atom. The van der Waals surface area contributed by atoms with Gasteiger partial charge in [0, 0.05) is 37.1 Å². The number of hydrogen-bond donors (Lipinski definition) is 9. The molecule has 2 aromatic rings. The van der Waals surface area contributed by atoms with Crippen LogP contribution in [0.1, 0.15) is 123 Å². The molecule has 8 atom stereocenters. The second-order valence-corrected chi connectivity index (χ2v) is 21.8. The fourth-order valence-electron chi connectivity index (χ4n) is 6.69. The maximum atomic E-state index is 12.6. The number of quaternary nitrogens is 3. The fourth-order valence-corrected chi connectivity index (χ4v) is 10.2. The molecule has 0 bridgehead atoms. The molecular weight excluding hydrogens is 1010 g/mol. The van der Waals surface area contributed by atoms with Gasteiger partial charge in [0.05, 0.1) is 19.5 Å². The number of imidazole rings is 1. The Hall–Kier alpha value is -2.82. The summed E-state index contributed by atoms with van der Waals surface area (Å²) in [6.45, 7) is 2.44. The van der Waals surface area contributed by atoms with E-state index >= 15 is 0 Å². The number of nitrogens with one attached hydrogen (secondary N) is 2. The predicted molar refractivity (Wildman–Crippen MR) is 258 cm³/mol. The first-order valence-corrected chi connectivity index (χ1v) is 27.6. The van der Waals surface area contributed by atoms with Crippen molar-refractivity contribution in [2.75, 3.05) is 37.8 Å². The Labute approximate surface area is 412 Å². The molecule has 0 radical (unpaired) electrons. The number of aliphatic hydroxyl groups is 2. The van der Waals surface area contributed by atoms with E-state index in [0.29, 0.717) is 12.2 Å². The summed E-state index contributed by atoms with van der Waals surface area (Å²) >= 11 is 1.13. The summed E-state index contributed by atoms with van der Waals surface area (Å²) in [5.41, 5.74) is 4.13. The highest BCUT2D eigenvalue weighted by atomic mass is 32.2. The van der Waals surface area contributed by atoms with Gasteiger partial charge in [-0.15, -0.1) is 0 Å². The number of ether oxygens (including phenoxy) is 1. The summed E-state index contributed by atoms with van der Waals surface area (Å²) in [7, 11) is -17.3. The normalized spacial score (nSPS) is 20.0. The van der Waals surface area contributed by atoms with Crippen LogP contribution in [0.3, 0.4) is 0 Å². The lowest BCUT2D eigenvalue weighted by atomic mass is 9.87. The van der Waals surface area contributed by atoms with Gasteiger partial charge in [-0.25, -0.2) is 19.3 Å². The van der Waals surface area contributed by atoms with Crippen LogP contribution < -0.4 is 49.5 Å². The van der Waals surface area contributed by atoms with Gasteiger partial charge in [-0.3, -0.25) is 32.6 Å². The topological polar surface area (TPSA) is 482 Å². The molecule has 1 aliphatic rings. The number of nitrogen functional groups attached to an aromatic ring is 1. The molecule has 0 spiro atoms. The van der Waals surface area contributed by atoms with Crippen LogP contribution in [-0.4, -0.2) is 108 Å². The van der Waals surface area contributed by atoms with Crippen molar-refractivity contribution in [2.24, 2.45) is 5.41 Å². The lowest BCUT2D eigenvalue weighted by Crippen LogP contribution is -2.46. The predicted octanol–water partition coefficient (Wildman–Crippen LogP) is 3.93. The molecule has 3 heterocycles. The van der Waals surface area contributed by atoms with Gasteiger partial charge in [0.15, 0.2) is 22.8 Å². The van der Waals surface area contributed by atoms with Gasteiger partial charge in [-0.2, -0.15) is 0 Å². The Morgan fingerprint density at radius 2 is 1.50 bits per heavy atom. The molecule has 1 aliphatic heterocycles. The van der Waals surface area contributed by atoms with Gasteiger partial charge < -0.3 is 82.9 Å². The van der Waals surface area contributed by atoms with Crippen LogP contribution in [-0.2, 0) is 50.7 Å². The molecule has 2 aromatic heterocycles. The number of rotatable bonds is 34. The van der Waals surface area contributed by atoms with E-state index < -0.39 is 84.6 Å². The lowest BCUT2D eigenvalue weighted by molar-refractivity contribution is -0.247. The Morgan fingerprint density at radius 1 is 0.900 bits per heavy atom. The number of anilines is 1. The number of phosphoric ester groups is 3. The second-order valence-electron chi connectivity index (χ2n) is 16.6. The van der Waals surface area contributed by atoms with Crippen LogP contribution in [0.25, 0.3) is 11.2 Å². The molecule has 2 amide bonds. The van der Waals surface area contributed by atoms with Crippen molar-refractivity contribution >= 4 is 69.1 Å². The molecule has 70 heavy (non-hydrogen) atoms. The van der Waals surface area contributed by atoms with Crippen molar-refractivity contribution in [3.8, 4) is 0 Å². The average Bonchev–Trinajstić information content (AvgIpc) is 3.81. The van der Waals surface area contributed by atoms with E-state index in [-0.39, 0.29) is 60.1 Å². The number of thioether (sulfide) groups is 1. The zero-order chi connectivity index (χ0) is 49.7. The smallest absolute Gasteiger partial charge is 0.274 e. The van der Waals surface area contributed by atoms with Gasteiger partial charge >= 0.3 is 0 Å². The van der Waals surface area contributed by atoms with Crippen molar-refractivity contribution in [3.63, 3.8) is 0 Å². The minimum absolute atomic E-state index is 0. The highest BCUT2D eigenvalue weighted by Crippen LogP contribution is 2.56. The number of phosphoric acid groups is 3. The Kier molecular flexibility index (Phi) is 31.8. The molecule has 27 nitrogen and oxygen atoms in total. The van der Waals surface area contributed by atoms with E-state index in [1.165, 1.54) is 71.6 Å². The Balaban J connectivity index is 0.0000159. The first kappa shape index (κ1) is 67.2. The van der Waals surface area contributed by atoms with E-state index in [1.807, 2.05) is 0 Å². The van der Waals surface area contributed by atoms with Crippen molar-refractivity contribution < 1.29 is 80.5 Å². The third-order valence-corrected chi connectivity index (χ3v) is 14.3. The molecule has 0 saturated carbocycles. The second kappa shape index (κ2) is 33.1. The molecule has 0 aromatic carbocycles. The molecule has 19 N–H and O–H groups in total. The summed E-state index contributed by atoms with van der Waals surface area (Å²) < 4.78 is 61.1. The number of amides is 2. The summed E-state index contributed by atoms with van der Waals surface area (Å²) in [4.78, 5) is 94.8. The van der Waals surface area contributed by atoms with Crippen LogP contribution in [0.2, 0.25) is 0 Å². The van der Waals surface area contributed by atoms with E-state index in [9.17, 15) is 57.9 Å². The van der Waals surface area contributed by atoms with Crippen LogP contribution in [0, 0.1) is 5.41 Å². The molecule has 31 heteroatoms. The van der Waals surface area contributed by atoms with Gasteiger partial charge in [-0.1, -0.05) is 96.1 Å². The van der Waals surface area contributed by atoms with E-state index in [0.717, 1.165) is 54.7 Å². The number of nitrogens with two attached hydrogens (primary N) is 1. The SMILES string of the molecule is CCCCCCCCCCC/C=C\CCCCC(=O)SCCNC(=O)CCNC(=O)[C@H](O)C(C)(C)COP(=O)([O-])OP(=O)([O-])OC[C@H]1O[C@@H](n2cnc3c(N)ncnc32)C(O)[C@H]1OP(=O)([O-])O.[NH4+].[NH4+].[NH4+]. The number of hydrogen-bond acceptors (Lipinski definition) is 21. The number of allylic oxidation sites excluding steroid dienone is 2. The fraction of sp³-hybridized carbons (Fsp3) is 0.744. The molecule has 4 unspecified atom stereocenters. The third-order valence-electron chi connectivity index (χ3n) is 10.4. The maximum Gasteiger partial charge on any atom is 0.274 e. The molecule has 1 saturated heterocycles. The number of fused-ring (bicyclic) bond motifs is 1. The highest BCUT2D eigenvalue weighted by Gasteiger charge is 2.48. The van der Waals surface area contributed by atoms with Crippen molar-refractivity contribution in [2.45, 2.75) is 148 Å². The summed E-state index contributed by atoms with van der Waals surface area (Å²) in [6, 6.07) is 0. The molecule has 3 rings (SSSR count). The zero-order valence-corrected chi connectivity index (χ0v) is 44.5. The van der Waals surface area contributed by atoms with Gasteiger partial charge in [-0.05, 0) is 32.1 Å². The standard InChI is InChI=1S/C39H68N7O17P3S.3H3N/c1-4-5-6-7-8-9-10-11-12-13-14-15-16-17-18-19-30(48)67-23-22-41-29(47)20-21-42-37(51)34(50)39(2,3)25-60-66(57,58)63-65(55,56)59-24-28-33(62-64(52,53)54)32(49)38(61-28)46-27-45-31-35(40)43-26-44-36(31)46;;;/h14-15,26-28,32-34,38,49-50H,4-13,16-25H2,1-3H3,(H,41,47)(H,42,51)(H,55,56)(H,57,58)(H2,40,43,44)(H2,52,53,54);3*1H3/b15-14-;;;/t28-,32?,33+,34+,38-;;;/m1.../s1. The first-order valence-electron chi connectivity index (χ1n) is 22.2. The minimum atomic E-state index is -5.90. The highest BCUT2D eigenvalue weighted by molar-refractivity contribution is 8.13. The number of unbranched alkanes of at least 4 members (excludes halogenated alkanes) is 11. The van der Waals surface area contributed by atoms with Crippen LogP contribution in [0.15, 0.2) is 24.8 Å². The van der Waals surface area contributed by atoms with E-state index in [4.69, 9.17) is 10.5 Å². The monoisotopic (exact) mass is 1080 g/mol.